The Bertz CT molecular complexity index is 1740. The van der Waals surface area contributed by atoms with Crippen molar-refractivity contribution >= 4 is 67.8 Å². The predicted octanol–water partition coefficient (Wildman–Crippen LogP) is 1.10. The van der Waals surface area contributed by atoms with Crippen LogP contribution in [0, 0.1) is 0 Å². The van der Waals surface area contributed by atoms with E-state index in [-0.39, 0.29) is 16.6 Å². The standard InChI is InChI=1S/C17H5Cl2N7O3/c18-9-10(19)14(28)12-7(13(9)27)17(29)26-15(20-12)8-11(22-26)5-3-1-2-4-6(5)25-16(8)21-23-24-25/h1-4,27H. The molecule has 5 aromatic rings. The zero-order valence-electron chi connectivity index (χ0n) is 14.0. The molecule has 10 nitrogen and oxygen atoms in total. The molecule has 140 valence electrons. The number of Topliss-reactive ketones (excluding diaryl/α,β-unsaturated/α-hetero) is 1. The van der Waals surface area contributed by atoms with Crippen LogP contribution in [0.2, 0.25) is 0 Å². The minimum absolute atomic E-state index is 0.0675. The van der Waals surface area contributed by atoms with Crippen LogP contribution in [0.1, 0.15) is 10.5 Å². The summed E-state index contributed by atoms with van der Waals surface area (Å²) in [5.41, 5.74) is 0.416. The van der Waals surface area contributed by atoms with E-state index in [9.17, 15) is 14.7 Å². The number of carbonyl (C=O) groups is 1. The highest BCUT2D eigenvalue weighted by molar-refractivity contribution is 6.53. The second-order valence-corrected chi connectivity index (χ2v) is 7.09. The van der Waals surface area contributed by atoms with E-state index in [0.717, 1.165) is 4.52 Å². The Morgan fingerprint density at radius 1 is 1.00 bits per heavy atom. The first-order valence-electron chi connectivity index (χ1n) is 8.18. The summed E-state index contributed by atoms with van der Waals surface area (Å²) in [4.78, 5) is 30.0. The summed E-state index contributed by atoms with van der Waals surface area (Å²) in [6, 6.07) is 7.25. The SMILES string of the molecule is O=C1C(Cl)=C(Cl)C(O)=c2c1nc1c3c(nn1c2=O)c1ccccc1n1nnnc31. The fraction of sp³-hybridized carbons (Fsp3) is 0. The van der Waals surface area contributed by atoms with Crippen LogP contribution in [0.5, 0.6) is 0 Å². The van der Waals surface area contributed by atoms with Gasteiger partial charge in [-0.05, 0) is 16.5 Å². The lowest BCUT2D eigenvalue weighted by atomic mass is 10.1. The van der Waals surface area contributed by atoms with Gasteiger partial charge in [0.05, 0.1) is 10.9 Å². The van der Waals surface area contributed by atoms with E-state index in [0.29, 0.717) is 27.5 Å². The number of benzene rings is 1. The molecule has 4 heterocycles. The van der Waals surface area contributed by atoms with Gasteiger partial charge in [0.1, 0.15) is 26.5 Å². The van der Waals surface area contributed by atoms with Crippen LogP contribution in [0.25, 0.3) is 38.9 Å². The molecule has 4 aromatic heterocycles. The number of fused-ring (bicyclic) bond motifs is 9. The molecule has 1 N–H and O–H groups in total. The molecule has 12 heteroatoms. The van der Waals surface area contributed by atoms with Crippen molar-refractivity contribution < 1.29 is 9.90 Å². The first-order valence-corrected chi connectivity index (χ1v) is 8.93. The van der Waals surface area contributed by atoms with Crippen LogP contribution in [0.4, 0.5) is 0 Å². The van der Waals surface area contributed by atoms with Crippen molar-refractivity contribution in [3.05, 3.63) is 55.6 Å². The van der Waals surface area contributed by atoms with Gasteiger partial charge in [-0.3, -0.25) is 9.59 Å². The molecule has 0 atom stereocenters. The van der Waals surface area contributed by atoms with Crippen LogP contribution in [0.3, 0.4) is 0 Å². The zero-order valence-corrected chi connectivity index (χ0v) is 15.5. The molecule has 1 aliphatic rings. The first kappa shape index (κ1) is 16.3. The highest BCUT2D eigenvalue weighted by Crippen LogP contribution is 2.30. The highest BCUT2D eigenvalue weighted by Gasteiger charge is 2.30. The number of aromatic nitrogens is 7. The Labute approximate surface area is 168 Å². The van der Waals surface area contributed by atoms with Crippen LogP contribution < -0.4 is 10.8 Å². The molecule has 0 spiro atoms. The molecule has 0 aliphatic heterocycles. The Hall–Kier alpha value is -3.63. The van der Waals surface area contributed by atoms with E-state index in [4.69, 9.17) is 23.2 Å². The summed E-state index contributed by atoms with van der Waals surface area (Å²) in [5.74, 6) is -1.39. The number of tetrazole rings is 1. The van der Waals surface area contributed by atoms with Gasteiger partial charge in [-0.15, -0.1) is 5.10 Å². The van der Waals surface area contributed by atoms with E-state index in [1.165, 1.54) is 4.52 Å². The summed E-state index contributed by atoms with van der Waals surface area (Å²) in [6.07, 6.45) is 0. The Kier molecular flexibility index (Phi) is 2.96. The predicted molar refractivity (Wildman–Crippen MR) is 103 cm³/mol. The molecule has 0 bridgehead atoms. The van der Waals surface area contributed by atoms with Crippen molar-refractivity contribution in [2.45, 2.75) is 0 Å². The number of pyridine rings is 1. The normalized spacial score (nSPS) is 14.7. The summed E-state index contributed by atoms with van der Waals surface area (Å²) in [6.45, 7) is 0. The number of hydrogen-bond donors (Lipinski definition) is 1. The number of aliphatic hydroxyl groups excluding tert-OH is 1. The maximum Gasteiger partial charge on any atom is 0.286 e. The molecule has 29 heavy (non-hydrogen) atoms. The molecule has 0 saturated heterocycles. The van der Waals surface area contributed by atoms with Crippen LogP contribution in [0.15, 0.2) is 39.1 Å². The van der Waals surface area contributed by atoms with E-state index in [2.05, 4.69) is 25.6 Å². The maximum absolute atomic E-state index is 13.1. The summed E-state index contributed by atoms with van der Waals surface area (Å²) < 4.78 is 2.50. The minimum Gasteiger partial charge on any atom is -0.505 e. The molecule has 1 aliphatic carbocycles. The molecule has 0 unspecified atom stereocenters. The number of allylic oxidation sites excluding steroid dienone is 1. The van der Waals surface area contributed by atoms with Gasteiger partial charge in [-0.25, -0.2) is 4.98 Å². The lowest BCUT2D eigenvalue weighted by molar-refractivity contribution is 0.103. The van der Waals surface area contributed by atoms with Crippen molar-refractivity contribution in [1.82, 2.24) is 34.6 Å². The molecule has 6 rings (SSSR count). The van der Waals surface area contributed by atoms with Gasteiger partial charge in [0.15, 0.2) is 17.1 Å². The maximum atomic E-state index is 13.1. The quantitative estimate of drug-likeness (QED) is 0.390. The van der Waals surface area contributed by atoms with Crippen LogP contribution in [-0.4, -0.2) is 45.5 Å². The van der Waals surface area contributed by atoms with Crippen molar-refractivity contribution in [2.24, 2.45) is 0 Å². The van der Waals surface area contributed by atoms with Crippen molar-refractivity contribution in [1.29, 1.82) is 0 Å². The van der Waals surface area contributed by atoms with Gasteiger partial charge in [0.2, 0.25) is 5.78 Å². The topological polar surface area (TPSA) is 128 Å². The number of carbonyl (C=O) groups excluding carboxylic acids is 1. The number of para-hydroxylation sites is 1. The summed E-state index contributed by atoms with van der Waals surface area (Å²) in [7, 11) is 0. The fourth-order valence-electron chi connectivity index (χ4n) is 3.58. The third-order valence-electron chi connectivity index (χ3n) is 4.85. The number of hydrogen-bond acceptors (Lipinski definition) is 8. The van der Waals surface area contributed by atoms with E-state index in [1.54, 1.807) is 6.07 Å². The van der Waals surface area contributed by atoms with Gasteiger partial charge in [-0.2, -0.15) is 14.1 Å². The van der Waals surface area contributed by atoms with Gasteiger partial charge in [0.25, 0.3) is 5.56 Å². The Balaban J connectivity index is 1.95. The number of nitrogens with zero attached hydrogens (tertiary/aromatic N) is 7. The number of ketones is 1. The molecular weight excluding hydrogens is 421 g/mol. The molecule has 0 radical (unpaired) electrons. The van der Waals surface area contributed by atoms with Gasteiger partial charge in [0, 0.05) is 5.39 Å². The Morgan fingerprint density at radius 2 is 1.79 bits per heavy atom. The van der Waals surface area contributed by atoms with Gasteiger partial charge < -0.3 is 5.11 Å². The number of rotatable bonds is 0. The van der Waals surface area contributed by atoms with Crippen LogP contribution >= 0.6 is 23.2 Å². The van der Waals surface area contributed by atoms with Gasteiger partial charge in [-0.1, -0.05) is 41.4 Å². The summed E-state index contributed by atoms with van der Waals surface area (Å²) >= 11 is 11.8. The lowest BCUT2D eigenvalue weighted by Crippen LogP contribution is -2.41. The second-order valence-electron chi connectivity index (χ2n) is 6.34. The van der Waals surface area contributed by atoms with Crippen molar-refractivity contribution in [2.75, 3.05) is 0 Å². The molecule has 0 saturated carbocycles. The Morgan fingerprint density at radius 3 is 2.62 bits per heavy atom. The fourth-order valence-corrected chi connectivity index (χ4v) is 3.94. The largest absolute Gasteiger partial charge is 0.505 e. The monoisotopic (exact) mass is 425 g/mol. The van der Waals surface area contributed by atoms with E-state index in [1.807, 2.05) is 18.2 Å². The van der Waals surface area contributed by atoms with Gasteiger partial charge >= 0.3 is 0 Å². The summed E-state index contributed by atoms with van der Waals surface area (Å²) in [5, 5.41) is 26.3. The first-order chi connectivity index (χ1) is 14.0. The minimum atomic E-state index is -0.769. The van der Waals surface area contributed by atoms with E-state index < -0.39 is 27.2 Å². The molecular formula is C17H5Cl2N7O3. The van der Waals surface area contributed by atoms with Crippen molar-refractivity contribution in [3.8, 4) is 0 Å². The number of aliphatic hydroxyl groups is 1. The second kappa shape index (κ2) is 5.25. The third-order valence-corrected chi connectivity index (χ3v) is 5.68. The highest BCUT2D eigenvalue weighted by atomic mass is 35.5. The smallest absolute Gasteiger partial charge is 0.286 e. The zero-order chi connectivity index (χ0) is 20.0. The molecule has 0 amide bonds. The van der Waals surface area contributed by atoms with Crippen molar-refractivity contribution in [3.63, 3.8) is 0 Å². The molecule has 1 aromatic carbocycles. The van der Waals surface area contributed by atoms with Crippen LogP contribution in [-0.2, 0) is 0 Å². The third kappa shape index (κ3) is 1.84. The number of halogens is 2. The van der Waals surface area contributed by atoms with E-state index >= 15 is 0 Å². The average Bonchev–Trinajstić information content (AvgIpc) is 3.35. The lowest BCUT2D eigenvalue weighted by Gasteiger charge is -2.10. The molecule has 0 fully saturated rings. The average molecular weight is 426 g/mol.